The lowest BCUT2D eigenvalue weighted by atomic mass is 10.0. The van der Waals surface area contributed by atoms with E-state index in [1.54, 1.807) is 24.6 Å². The average molecular weight is 395 g/mol. The van der Waals surface area contributed by atoms with E-state index in [4.69, 9.17) is 4.74 Å². The molecule has 0 aliphatic heterocycles. The van der Waals surface area contributed by atoms with Crippen LogP contribution in [0.25, 0.3) is 0 Å². The zero-order valence-corrected chi connectivity index (χ0v) is 16.2. The summed E-state index contributed by atoms with van der Waals surface area (Å²) in [4.78, 5) is 28.8. The fraction of sp³-hybridized carbons (Fsp3) is 0.190. The first-order valence-electron chi connectivity index (χ1n) is 8.92. The van der Waals surface area contributed by atoms with Gasteiger partial charge in [0.1, 0.15) is 5.00 Å². The molecule has 0 radical (unpaired) electrons. The van der Waals surface area contributed by atoms with E-state index < -0.39 is 5.97 Å². The van der Waals surface area contributed by atoms with Gasteiger partial charge in [-0.2, -0.15) is 0 Å². The highest BCUT2D eigenvalue weighted by atomic mass is 32.1. The van der Waals surface area contributed by atoms with Crippen molar-refractivity contribution in [1.29, 1.82) is 0 Å². The summed E-state index contributed by atoms with van der Waals surface area (Å²) in [5, 5.41) is 8.27. The number of nitrogens with zero attached hydrogens (tertiary/aromatic N) is 1. The first-order chi connectivity index (χ1) is 13.7. The molecule has 0 saturated carbocycles. The largest absolute Gasteiger partial charge is 0.462 e. The highest BCUT2D eigenvalue weighted by Gasteiger charge is 2.18. The summed E-state index contributed by atoms with van der Waals surface area (Å²) in [5.74, 6) is -0.687. The minimum Gasteiger partial charge on any atom is -0.462 e. The number of thiophene rings is 1. The maximum atomic E-state index is 12.5. The van der Waals surface area contributed by atoms with Crippen LogP contribution < -0.4 is 10.6 Å². The molecule has 1 amide bonds. The van der Waals surface area contributed by atoms with Crippen LogP contribution in [0.4, 0.5) is 5.00 Å². The SMILES string of the molecule is CCOC(=O)c1ccsc1NC(=O)CN[C@H](c1ccccc1)c1ccccn1. The summed E-state index contributed by atoms with van der Waals surface area (Å²) < 4.78 is 5.01. The molecule has 0 bridgehead atoms. The number of hydrogen-bond donors (Lipinski definition) is 2. The Morgan fingerprint density at radius 2 is 1.89 bits per heavy atom. The number of benzene rings is 1. The Bertz CT molecular complexity index is 873. The number of anilines is 1. The molecule has 6 nitrogen and oxygen atoms in total. The number of carbonyl (C=O) groups is 2. The summed E-state index contributed by atoms with van der Waals surface area (Å²) in [5.41, 5.74) is 2.20. The molecule has 2 N–H and O–H groups in total. The summed E-state index contributed by atoms with van der Waals surface area (Å²) in [6.45, 7) is 2.09. The molecular formula is C21H21N3O3S. The first-order valence-corrected chi connectivity index (χ1v) is 9.80. The third-order valence-electron chi connectivity index (χ3n) is 4.00. The topological polar surface area (TPSA) is 80.3 Å². The number of pyridine rings is 1. The Morgan fingerprint density at radius 1 is 1.11 bits per heavy atom. The van der Waals surface area contributed by atoms with Crippen molar-refractivity contribution in [3.8, 4) is 0 Å². The van der Waals surface area contributed by atoms with E-state index in [1.807, 2.05) is 48.5 Å². The number of nitrogens with one attached hydrogen (secondary N) is 2. The molecular weight excluding hydrogens is 374 g/mol. The molecule has 7 heteroatoms. The predicted molar refractivity (Wildman–Crippen MR) is 109 cm³/mol. The number of rotatable bonds is 8. The number of carbonyl (C=O) groups excluding carboxylic acids is 2. The van der Waals surface area contributed by atoms with Gasteiger partial charge in [0.05, 0.1) is 30.5 Å². The van der Waals surface area contributed by atoms with Gasteiger partial charge in [-0.15, -0.1) is 11.3 Å². The van der Waals surface area contributed by atoms with Gasteiger partial charge >= 0.3 is 5.97 Å². The molecule has 0 aliphatic rings. The number of hydrogen-bond acceptors (Lipinski definition) is 6. The van der Waals surface area contributed by atoms with Crippen LogP contribution >= 0.6 is 11.3 Å². The highest BCUT2D eigenvalue weighted by molar-refractivity contribution is 7.14. The summed E-state index contributed by atoms with van der Waals surface area (Å²) in [6, 6.07) is 16.9. The third kappa shape index (κ3) is 5.03. The molecule has 2 aromatic heterocycles. The van der Waals surface area contributed by atoms with Crippen molar-refractivity contribution in [1.82, 2.24) is 10.3 Å². The molecule has 3 aromatic rings. The standard InChI is InChI=1S/C21H21N3O3S/c1-2-27-21(26)16-11-13-28-20(16)24-18(25)14-23-19(15-8-4-3-5-9-15)17-10-6-7-12-22-17/h3-13,19,23H,2,14H2,1H3,(H,24,25)/t19-/m1/s1. The normalized spacial score (nSPS) is 11.6. The highest BCUT2D eigenvalue weighted by Crippen LogP contribution is 2.24. The molecule has 0 unspecified atom stereocenters. The second-order valence-electron chi connectivity index (χ2n) is 5.91. The van der Waals surface area contributed by atoms with Crippen molar-refractivity contribution in [2.45, 2.75) is 13.0 Å². The fourth-order valence-corrected chi connectivity index (χ4v) is 3.52. The minimum atomic E-state index is -0.442. The smallest absolute Gasteiger partial charge is 0.341 e. The van der Waals surface area contributed by atoms with Crippen molar-refractivity contribution >= 4 is 28.2 Å². The van der Waals surface area contributed by atoms with Crippen molar-refractivity contribution < 1.29 is 14.3 Å². The summed E-state index contributed by atoms with van der Waals surface area (Å²) in [6.07, 6.45) is 1.73. The van der Waals surface area contributed by atoms with Gasteiger partial charge < -0.3 is 10.1 Å². The number of aromatic nitrogens is 1. The van der Waals surface area contributed by atoms with Crippen LogP contribution in [-0.2, 0) is 9.53 Å². The van der Waals surface area contributed by atoms with Gasteiger partial charge in [0, 0.05) is 6.20 Å². The van der Waals surface area contributed by atoms with Crippen molar-refractivity contribution in [3.05, 3.63) is 83.0 Å². The van der Waals surface area contributed by atoms with Crippen LogP contribution in [-0.4, -0.2) is 30.0 Å². The lowest BCUT2D eigenvalue weighted by Crippen LogP contribution is -2.32. The lowest BCUT2D eigenvalue weighted by Gasteiger charge is -2.18. The van der Waals surface area contributed by atoms with Crippen LogP contribution in [0.3, 0.4) is 0 Å². The Labute approximate surface area is 167 Å². The van der Waals surface area contributed by atoms with E-state index in [2.05, 4.69) is 15.6 Å². The van der Waals surface area contributed by atoms with E-state index in [-0.39, 0.29) is 25.1 Å². The van der Waals surface area contributed by atoms with Gasteiger partial charge in [0.2, 0.25) is 5.91 Å². The third-order valence-corrected chi connectivity index (χ3v) is 4.83. The lowest BCUT2D eigenvalue weighted by molar-refractivity contribution is -0.115. The Morgan fingerprint density at radius 3 is 2.61 bits per heavy atom. The number of amides is 1. The molecule has 0 spiro atoms. The molecule has 3 rings (SSSR count). The fourth-order valence-electron chi connectivity index (χ4n) is 2.73. The molecule has 0 aliphatic carbocycles. The first kappa shape index (κ1) is 19.7. The van der Waals surface area contributed by atoms with E-state index in [9.17, 15) is 9.59 Å². The van der Waals surface area contributed by atoms with E-state index in [0.717, 1.165) is 11.3 Å². The van der Waals surface area contributed by atoms with E-state index >= 15 is 0 Å². The van der Waals surface area contributed by atoms with Crippen LogP contribution in [0.15, 0.2) is 66.2 Å². The Kier molecular flexibility index (Phi) is 6.89. The zero-order valence-electron chi connectivity index (χ0n) is 15.4. The van der Waals surface area contributed by atoms with Gasteiger partial charge in [-0.05, 0) is 36.1 Å². The molecule has 144 valence electrons. The van der Waals surface area contributed by atoms with Crippen LogP contribution in [0.2, 0.25) is 0 Å². The van der Waals surface area contributed by atoms with Gasteiger partial charge in [-0.1, -0.05) is 36.4 Å². The monoisotopic (exact) mass is 395 g/mol. The molecule has 28 heavy (non-hydrogen) atoms. The van der Waals surface area contributed by atoms with Gasteiger partial charge in [-0.3, -0.25) is 15.1 Å². The van der Waals surface area contributed by atoms with E-state index in [0.29, 0.717) is 10.6 Å². The molecule has 1 atom stereocenters. The van der Waals surface area contributed by atoms with Crippen molar-refractivity contribution in [2.75, 3.05) is 18.5 Å². The van der Waals surface area contributed by atoms with Crippen LogP contribution in [0.1, 0.15) is 34.6 Å². The Hall–Kier alpha value is -3.03. The number of esters is 1. The second-order valence-corrected chi connectivity index (χ2v) is 6.83. The summed E-state index contributed by atoms with van der Waals surface area (Å²) >= 11 is 1.29. The van der Waals surface area contributed by atoms with Crippen molar-refractivity contribution in [3.63, 3.8) is 0 Å². The number of ether oxygens (including phenoxy) is 1. The zero-order chi connectivity index (χ0) is 19.8. The quantitative estimate of drug-likeness (QED) is 0.569. The maximum absolute atomic E-state index is 12.5. The molecule has 2 heterocycles. The average Bonchev–Trinajstić information content (AvgIpc) is 3.18. The van der Waals surface area contributed by atoms with Crippen LogP contribution in [0, 0.1) is 0 Å². The predicted octanol–water partition coefficient (Wildman–Crippen LogP) is 3.64. The molecule has 0 fully saturated rings. The second kappa shape index (κ2) is 9.77. The van der Waals surface area contributed by atoms with Gasteiger partial charge in [-0.25, -0.2) is 4.79 Å². The molecule has 1 aromatic carbocycles. The minimum absolute atomic E-state index is 0.0658. The van der Waals surface area contributed by atoms with Gasteiger partial charge in [0.25, 0.3) is 0 Å². The van der Waals surface area contributed by atoms with E-state index in [1.165, 1.54) is 11.3 Å². The summed E-state index contributed by atoms with van der Waals surface area (Å²) in [7, 11) is 0. The van der Waals surface area contributed by atoms with Gasteiger partial charge in [0.15, 0.2) is 0 Å². The van der Waals surface area contributed by atoms with Crippen molar-refractivity contribution in [2.24, 2.45) is 0 Å². The van der Waals surface area contributed by atoms with Crippen LogP contribution in [0.5, 0.6) is 0 Å². The molecule has 0 saturated heterocycles. The Balaban J connectivity index is 1.68. The maximum Gasteiger partial charge on any atom is 0.341 e.